The molecule has 0 bridgehead atoms. The maximum absolute atomic E-state index is 12.7. The van der Waals surface area contributed by atoms with Crippen LogP contribution in [0, 0.1) is 0 Å². The molecule has 2 aromatic carbocycles. The molecule has 1 aromatic heterocycles. The third-order valence-corrected chi connectivity index (χ3v) is 6.49. The fourth-order valence-corrected chi connectivity index (χ4v) is 4.89. The number of nitrogens with one attached hydrogen (secondary N) is 1. The molecule has 1 amide bonds. The minimum Gasteiger partial charge on any atom is -0.459 e. The number of rotatable bonds is 4. The molecule has 1 aliphatic rings. The van der Waals surface area contributed by atoms with Crippen LogP contribution in [-0.2, 0) is 16.4 Å². The molecule has 0 unspecified atom stereocenters. The molecule has 2 heterocycles. The zero-order valence-electron chi connectivity index (χ0n) is 14.4. The number of hydrogen-bond donors (Lipinski definition) is 1. The average molecular weight is 437 g/mol. The molecular weight excluding hydrogens is 423 g/mol. The molecule has 144 valence electrons. The van der Waals surface area contributed by atoms with Crippen molar-refractivity contribution in [3.63, 3.8) is 0 Å². The lowest BCUT2D eigenvalue weighted by atomic mass is 10.1. The summed E-state index contributed by atoms with van der Waals surface area (Å²) in [5.41, 5.74) is 1.90. The zero-order chi connectivity index (χ0) is 19.9. The van der Waals surface area contributed by atoms with E-state index >= 15 is 0 Å². The number of amides is 1. The Morgan fingerprint density at radius 2 is 1.93 bits per heavy atom. The quantitative estimate of drug-likeness (QED) is 0.648. The van der Waals surface area contributed by atoms with Gasteiger partial charge in [0.25, 0.3) is 15.9 Å². The van der Waals surface area contributed by atoms with Crippen LogP contribution in [0.25, 0.3) is 0 Å². The molecule has 1 aliphatic heterocycles. The van der Waals surface area contributed by atoms with Gasteiger partial charge in [0.05, 0.1) is 17.0 Å². The summed E-state index contributed by atoms with van der Waals surface area (Å²) in [5, 5.41) is 0.321. The summed E-state index contributed by atoms with van der Waals surface area (Å²) in [7, 11) is -3.95. The first-order valence-corrected chi connectivity index (χ1v) is 10.6. The third-order valence-electron chi connectivity index (χ3n) is 4.39. The molecule has 0 saturated carbocycles. The van der Waals surface area contributed by atoms with Gasteiger partial charge in [-0.1, -0.05) is 29.3 Å². The van der Waals surface area contributed by atoms with E-state index in [0.717, 1.165) is 5.56 Å². The summed E-state index contributed by atoms with van der Waals surface area (Å²) >= 11 is 11.9. The van der Waals surface area contributed by atoms with Crippen LogP contribution in [-0.4, -0.2) is 20.9 Å². The van der Waals surface area contributed by atoms with Crippen LogP contribution in [0.4, 0.5) is 11.4 Å². The molecule has 1 N–H and O–H groups in total. The summed E-state index contributed by atoms with van der Waals surface area (Å²) < 4.78 is 33.1. The number of carbonyl (C=O) groups is 1. The molecule has 0 spiro atoms. The second-order valence-corrected chi connectivity index (χ2v) is 8.70. The van der Waals surface area contributed by atoms with Crippen molar-refractivity contribution in [1.29, 1.82) is 0 Å². The molecule has 0 radical (unpaired) electrons. The van der Waals surface area contributed by atoms with Gasteiger partial charge in [0.2, 0.25) is 0 Å². The average Bonchev–Trinajstić information content (AvgIpc) is 3.32. The maximum Gasteiger partial charge on any atom is 0.293 e. The highest BCUT2D eigenvalue weighted by atomic mass is 35.5. The maximum atomic E-state index is 12.7. The molecule has 6 nitrogen and oxygen atoms in total. The van der Waals surface area contributed by atoms with E-state index in [9.17, 15) is 13.2 Å². The first kappa shape index (κ1) is 18.9. The molecule has 28 heavy (non-hydrogen) atoms. The molecular formula is C19H14Cl2N2O4S. The normalized spacial score (nSPS) is 13.4. The topological polar surface area (TPSA) is 79.6 Å². The van der Waals surface area contributed by atoms with Gasteiger partial charge in [-0.15, -0.1) is 0 Å². The van der Waals surface area contributed by atoms with Crippen molar-refractivity contribution in [2.24, 2.45) is 0 Å². The van der Waals surface area contributed by atoms with Crippen molar-refractivity contribution < 1.29 is 17.6 Å². The van der Waals surface area contributed by atoms with Crippen LogP contribution in [0.1, 0.15) is 16.1 Å². The summed E-state index contributed by atoms with van der Waals surface area (Å²) in [6.07, 6.45) is 2.11. The van der Waals surface area contributed by atoms with Gasteiger partial charge in [0, 0.05) is 17.3 Å². The molecule has 4 rings (SSSR count). The summed E-state index contributed by atoms with van der Waals surface area (Å²) in [6, 6.07) is 12.5. The Morgan fingerprint density at radius 3 is 2.68 bits per heavy atom. The van der Waals surface area contributed by atoms with E-state index in [0.29, 0.717) is 24.3 Å². The number of benzene rings is 2. The number of carbonyl (C=O) groups excluding carboxylic acids is 1. The lowest BCUT2D eigenvalue weighted by Gasteiger charge is -2.17. The van der Waals surface area contributed by atoms with Gasteiger partial charge in [-0.3, -0.25) is 9.52 Å². The second-order valence-electron chi connectivity index (χ2n) is 6.21. The van der Waals surface area contributed by atoms with E-state index in [1.807, 2.05) is 0 Å². The predicted molar refractivity (Wildman–Crippen MR) is 108 cm³/mol. The summed E-state index contributed by atoms with van der Waals surface area (Å²) in [4.78, 5) is 14.1. The van der Waals surface area contributed by atoms with Gasteiger partial charge in [0.1, 0.15) is 4.90 Å². The van der Waals surface area contributed by atoms with Crippen LogP contribution in [0.2, 0.25) is 10.0 Å². The third kappa shape index (κ3) is 3.48. The fraction of sp³-hybridized carbons (Fsp3) is 0.105. The van der Waals surface area contributed by atoms with E-state index in [4.69, 9.17) is 27.6 Å². The number of furan rings is 1. The first-order valence-electron chi connectivity index (χ1n) is 8.31. The van der Waals surface area contributed by atoms with Gasteiger partial charge >= 0.3 is 0 Å². The van der Waals surface area contributed by atoms with Crippen LogP contribution >= 0.6 is 23.2 Å². The Labute approximate surface area is 171 Å². The van der Waals surface area contributed by atoms with Crippen molar-refractivity contribution in [3.8, 4) is 0 Å². The van der Waals surface area contributed by atoms with Gasteiger partial charge < -0.3 is 9.32 Å². The Kier molecular flexibility index (Phi) is 4.82. The van der Waals surface area contributed by atoms with E-state index in [-0.39, 0.29) is 26.6 Å². The minimum absolute atomic E-state index is 0.0627. The Bertz CT molecular complexity index is 1160. The monoisotopic (exact) mass is 436 g/mol. The van der Waals surface area contributed by atoms with Gasteiger partial charge in [-0.2, -0.15) is 0 Å². The number of anilines is 2. The number of halogens is 2. The van der Waals surface area contributed by atoms with Gasteiger partial charge in [-0.25, -0.2) is 8.42 Å². The highest BCUT2D eigenvalue weighted by molar-refractivity contribution is 7.92. The number of sulfonamides is 1. The fourth-order valence-electron chi connectivity index (χ4n) is 3.08. The zero-order valence-corrected chi connectivity index (χ0v) is 16.7. The van der Waals surface area contributed by atoms with Crippen LogP contribution < -0.4 is 9.62 Å². The van der Waals surface area contributed by atoms with E-state index in [1.54, 1.807) is 35.2 Å². The van der Waals surface area contributed by atoms with Crippen LogP contribution in [0.3, 0.4) is 0 Å². The van der Waals surface area contributed by atoms with E-state index in [1.165, 1.54) is 24.5 Å². The van der Waals surface area contributed by atoms with Crippen molar-refractivity contribution in [3.05, 3.63) is 76.2 Å². The molecule has 0 fully saturated rings. The Balaban J connectivity index is 1.65. The van der Waals surface area contributed by atoms with Crippen molar-refractivity contribution >= 4 is 50.5 Å². The predicted octanol–water partition coefficient (Wildman–Crippen LogP) is 4.59. The Hall–Kier alpha value is -2.48. The highest BCUT2D eigenvalue weighted by Gasteiger charge is 2.28. The lowest BCUT2D eigenvalue weighted by molar-refractivity contribution is 0.0963. The largest absolute Gasteiger partial charge is 0.459 e. The van der Waals surface area contributed by atoms with Gasteiger partial charge in [-0.05, 0) is 54.4 Å². The standard InChI is InChI=1S/C19H14Cl2N2O4S/c20-13-4-6-15(21)18(10-13)28(25,26)22-14-5-3-12-7-8-23(16(12)11-14)19(24)17-2-1-9-27-17/h1-6,9-11,22H,7-8H2. The SMILES string of the molecule is O=C(c1ccco1)N1CCc2ccc(NS(=O)(=O)c3cc(Cl)ccc3Cl)cc21. The summed E-state index contributed by atoms with van der Waals surface area (Å²) in [5.74, 6) is -0.0498. The lowest BCUT2D eigenvalue weighted by Crippen LogP contribution is -2.28. The molecule has 9 heteroatoms. The number of fused-ring (bicyclic) bond motifs is 1. The molecule has 3 aromatic rings. The van der Waals surface area contributed by atoms with Crippen molar-refractivity contribution in [1.82, 2.24) is 0 Å². The number of hydrogen-bond acceptors (Lipinski definition) is 4. The minimum atomic E-state index is -3.95. The summed E-state index contributed by atoms with van der Waals surface area (Å²) in [6.45, 7) is 0.491. The highest BCUT2D eigenvalue weighted by Crippen LogP contribution is 2.33. The van der Waals surface area contributed by atoms with Crippen molar-refractivity contribution in [2.75, 3.05) is 16.2 Å². The molecule has 0 aliphatic carbocycles. The Morgan fingerprint density at radius 1 is 1.11 bits per heavy atom. The van der Waals surface area contributed by atoms with E-state index in [2.05, 4.69) is 4.72 Å². The van der Waals surface area contributed by atoms with Crippen molar-refractivity contribution in [2.45, 2.75) is 11.3 Å². The smallest absolute Gasteiger partial charge is 0.293 e. The first-order chi connectivity index (χ1) is 13.3. The molecule has 0 saturated heterocycles. The second kappa shape index (κ2) is 7.16. The number of nitrogens with zero attached hydrogens (tertiary/aromatic N) is 1. The van der Waals surface area contributed by atoms with Gasteiger partial charge in [0.15, 0.2) is 5.76 Å². The van der Waals surface area contributed by atoms with Crippen LogP contribution in [0.15, 0.2) is 64.1 Å². The molecule has 0 atom stereocenters. The van der Waals surface area contributed by atoms with Crippen LogP contribution in [0.5, 0.6) is 0 Å². The van der Waals surface area contributed by atoms with E-state index < -0.39 is 10.0 Å².